The summed E-state index contributed by atoms with van der Waals surface area (Å²) in [6, 6.07) is 4.61. The van der Waals surface area contributed by atoms with E-state index >= 15 is 0 Å². The van der Waals surface area contributed by atoms with Gasteiger partial charge in [0, 0.05) is 29.2 Å². The molecule has 0 radical (unpaired) electrons. The van der Waals surface area contributed by atoms with Gasteiger partial charge in [0.05, 0.1) is 18.8 Å². The molecule has 0 aromatic heterocycles. The van der Waals surface area contributed by atoms with Crippen LogP contribution in [-0.2, 0) is 0 Å². The van der Waals surface area contributed by atoms with Gasteiger partial charge in [0.1, 0.15) is 12.5 Å². The second kappa shape index (κ2) is 10.4. The van der Waals surface area contributed by atoms with E-state index in [0.29, 0.717) is 17.0 Å². The zero-order valence-electron chi connectivity index (χ0n) is 15.0. The lowest BCUT2D eigenvalue weighted by atomic mass is 9.93. The quantitative estimate of drug-likeness (QED) is 0.706. The summed E-state index contributed by atoms with van der Waals surface area (Å²) in [5.74, 6) is -0.167. The van der Waals surface area contributed by atoms with E-state index in [0.717, 1.165) is 11.1 Å². The minimum absolute atomic E-state index is 0.0885. The molecule has 4 N–H and O–H groups in total. The van der Waals surface area contributed by atoms with Gasteiger partial charge in [-0.2, -0.15) is 0 Å². The van der Waals surface area contributed by atoms with E-state index in [1.807, 2.05) is 13.8 Å². The minimum atomic E-state index is -0.523. The number of nitrogens with zero attached hydrogens (tertiary/aromatic N) is 2. The first-order valence-electron chi connectivity index (χ1n) is 8.13. The van der Waals surface area contributed by atoms with Gasteiger partial charge < -0.3 is 11.5 Å². The van der Waals surface area contributed by atoms with Crippen LogP contribution in [0, 0.1) is 5.82 Å². The van der Waals surface area contributed by atoms with Crippen molar-refractivity contribution in [3.05, 3.63) is 58.7 Å². The molecule has 25 heavy (non-hydrogen) atoms. The van der Waals surface area contributed by atoms with Crippen LogP contribution in [0.25, 0.3) is 0 Å². The van der Waals surface area contributed by atoms with Crippen LogP contribution in [0.5, 0.6) is 0 Å². The largest absolute Gasteiger partial charge is 0.404 e. The molecule has 1 aromatic rings. The van der Waals surface area contributed by atoms with E-state index in [2.05, 4.69) is 9.98 Å². The highest BCUT2D eigenvalue weighted by atomic mass is 19.1. The second-order valence-corrected chi connectivity index (χ2v) is 5.94. The number of rotatable bonds is 8. The Bertz CT molecular complexity index is 685. The van der Waals surface area contributed by atoms with Crippen molar-refractivity contribution in [1.29, 1.82) is 0 Å². The predicted molar refractivity (Wildman–Crippen MR) is 101 cm³/mol. The molecule has 1 aromatic carbocycles. The highest BCUT2D eigenvalue weighted by Crippen LogP contribution is 2.22. The molecular formula is C19H26F2N4. The van der Waals surface area contributed by atoms with Crippen molar-refractivity contribution < 1.29 is 8.78 Å². The van der Waals surface area contributed by atoms with Crippen LogP contribution in [0.4, 0.5) is 8.78 Å². The molecule has 0 amide bonds. The third-order valence-electron chi connectivity index (χ3n) is 3.39. The SMILES string of the molecule is CC(N)=CC(=NCC(C=NCCF)=CN)c1ccc(F)cc1C(C)C. The van der Waals surface area contributed by atoms with Crippen molar-refractivity contribution in [2.24, 2.45) is 21.5 Å². The summed E-state index contributed by atoms with van der Waals surface area (Å²) in [6.07, 6.45) is 4.63. The summed E-state index contributed by atoms with van der Waals surface area (Å²) in [6.45, 7) is 5.57. The van der Waals surface area contributed by atoms with Gasteiger partial charge in [-0.1, -0.05) is 13.8 Å². The Balaban J connectivity index is 3.25. The average Bonchev–Trinajstić information content (AvgIpc) is 2.56. The topological polar surface area (TPSA) is 76.8 Å². The first-order chi connectivity index (χ1) is 11.9. The van der Waals surface area contributed by atoms with Gasteiger partial charge in [-0.25, -0.2) is 8.78 Å². The summed E-state index contributed by atoms with van der Waals surface area (Å²) in [7, 11) is 0. The van der Waals surface area contributed by atoms with Crippen molar-refractivity contribution in [3.63, 3.8) is 0 Å². The Kier molecular flexibility index (Phi) is 8.53. The first kappa shape index (κ1) is 20.5. The highest BCUT2D eigenvalue weighted by molar-refractivity contribution is 6.10. The summed E-state index contributed by atoms with van der Waals surface area (Å²) in [5.41, 5.74) is 14.9. The fourth-order valence-corrected chi connectivity index (χ4v) is 2.21. The molecule has 0 aliphatic rings. The number of benzene rings is 1. The van der Waals surface area contributed by atoms with Gasteiger partial charge in [0.2, 0.25) is 0 Å². The maximum absolute atomic E-state index is 13.6. The molecule has 6 heteroatoms. The van der Waals surface area contributed by atoms with Crippen LogP contribution in [0.1, 0.15) is 37.8 Å². The van der Waals surface area contributed by atoms with Crippen molar-refractivity contribution in [2.75, 3.05) is 19.8 Å². The first-order valence-corrected chi connectivity index (χ1v) is 8.13. The smallest absolute Gasteiger partial charge is 0.123 e. The third kappa shape index (κ3) is 6.87. The Morgan fingerprint density at radius 3 is 2.60 bits per heavy atom. The summed E-state index contributed by atoms with van der Waals surface area (Å²) in [5, 5.41) is 0. The monoisotopic (exact) mass is 348 g/mol. The normalized spacial score (nSPS) is 13.9. The van der Waals surface area contributed by atoms with Crippen LogP contribution < -0.4 is 11.5 Å². The van der Waals surface area contributed by atoms with Crippen molar-refractivity contribution >= 4 is 11.9 Å². The summed E-state index contributed by atoms with van der Waals surface area (Å²) >= 11 is 0. The second-order valence-electron chi connectivity index (χ2n) is 5.94. The highest BCUT2D eigenvalue weighted by Gasteiger charge is 2.12. The number of alkyl halides is 1. The van der Waals surface area contributed by atoms with E-state index < -0.39 is 6.67 Å². The van der Waals surface area contributed by atoms with E-state index in [4.69, 9.17) is 11.5 Å². The Morgan fingerprint density at radius 1 is 1.32 bits per heavy atom. The van der Waals surface area contributed by atoms with Gasteiger partial charge in [-0.05, 0) is 42.7 Å². The molecule has 136 valence electrons. The molecular weight excluding hydrogens is 322 g/mol. The molecule has 0 saturated heterocycles. The number of nitrogens with two attached hydrogens (primary N) is 2. The Labute approximate surface area is 148 Å². The lowest BCUT2D eigenvalue weighted by Gasteiger charge is -2.14. The predicted octanol–water partition coefficient (Wildman–Crippen LogP) is 3.48. The van der Waals surface area contributed by atoms with Gasteiger partial charge in [0.15, 0.2) is 0 Å². The molecule has 1 rings (SSSR count). The van der Waals surface area contributed by atoms with Crippen molar-refractivity contribution in [3.8, 4) is 0 Å². The van der Waals surface area contributed by atoms with Crippen LogP contribution in [0.2, 0.25) is 0 Å². The Hall–Kier alpha value is -2.50. The lowest BCUT2D eigenvalue weighted by molar-refractivity contribution is 0.505. The molecule has 0 bridgehead atoms. The fourth-order valence-electron chi connectivity index (χ4n) is 2.21. The summed E-state index contributed by atoms with van der Waals surface area (Å²) < 4.78 is 25.8. The fraction of sp³-hybridized carbons (Fsp3) is 0.368. The minimum Gasteiger partial charge on any atom is -0.404 e. The average molecular weight is 348 g/mol. The van der Waals surface area contributed by atoms with E-state index in [-0.39, 0.29) is 24.8 Å². The van der Waals surface area contributed by atoms with Crippen LogP contribution in [0.15, 0.2) is 51.7 Å². The van der Waals surface area contributed by atoms with Crippen molar-refractivity contribution in [1.82, 2.24) is 0 Å². The standard InChI is InChI=1S/C19H26F2N4/c1-13(2)18-9-16(21)4-5-17(18)19(8-14(3)23)25-12-15(10-22)11-24-7-6-20/h4-5,8-11,13H,6-7,12,22-23H2,1-3H3. The van der Waals surface area contributed by atoms with Gasteiger partial charge in [0.25, 0.3) is 0 Å². The third-order valence-corrected chi connectivity index (χ3v) is 3.39. The lowest BCUT2D eigenvalue weighted by Crippen LogP contribution is -2.09. The number of hydrogen-bond acceptors (Lipinski definition) is 4. The molecule has 0 aliphatic heterocycles. The molecule has 0 spiro atoms. The molecule has 0 atom stereocenters. The number of allylic oxidation sites excluding steroid dienone is 2. The molecule has 0 heterocycles. The van der Waals surface area contributed by atoms with E-state index in [1.54, 1.807) is 19.1 Å². The number of hydrogen-bond donors (Lipinski definition) is 2. The zero-order chi connectivity index (χ0) is 18.8. The summed E-state index contributed by atoms with van der Waals surface area (Å²) in [4.78, 5) is 8.48. The number of aliphatic imine (C=N–C) groups is 2. The van der Waals surface area contributed by atoms with Crippen LogP contribution in [-0.4, -0.2) is 31.7 Å². The van der Waals surface area contributed by atoms with Gasteiger partial charge >= 0.3 is 0 Å². The number of halogens is 2. The zero-order valence-corrected chi connectivity index (χ0v) is 15.0. The molecule has 0 unspecified atom stereocenters. The van der Waals surface area contributed by atoms with Crippen LogP contribution >= 0.6 is 0 Å². The molecule has 0 saturated carbocycles. The maximum atomic E-state index is 13.6. The molecule has 0 fully saturated rings. The van der Waals surface area contributed by atoms with Crippen molar-refractivity contribution in [2.45, 2.75) is 26.7 Å². The van der Waals surface area contributed by atoms with Crippen LogP contribution in [0.3, 0.4) is 0 Å². The maximum Gasteiger partial charge on any atom is 0.123 e. The van der Waals surface area contributed by atoms with E-state index in [9.17, 15) is 8.78 Å². The Morgan fingerprint density at radius 2 is 2.04 bits per heavy atom. The van der Waals surface area contributed by atoms with Gasteiger partial charge in [-0.15, -0.1) is 0 Å². The van der Waals surface area contributed by atoms with Gasteiger partial charge in [-0.3, -0.25) is 9.98 Å². The molecule has 0 aliphatic carbocycles. The molecule has 4 nitrogen and oxygen atoms in total. The van der Waals surface area contributed by atoms with E-state index in [1.165, 1.54) is 24.5 Å².